The summed E-state index contributed by atoms with van der Waals surface area (Å²) in [6.45, 7) is 5.70. The van der Waals surface area contributed by atoms with Crippen molar-refractivity contribution >= 4 is 76.8 Å². The largest absolute Gasteiger partial charge is 0.481 e. The number of aliphatic carboxylic acids is 1. The molecule has 3 aliphatic rings. The molecule has 3 fully saturated rings. The lowest BCUT2D eigenvalue weighted by Crippen LogP contribution is -2.59. The highest BCUT2D eigenvalue weighted by molar-refractivity contribution is 6.38. The van der Waals surface area contributed by atoms with Crippen molar-refractivity contribution in [2.24, 2.45) is 22.8 Å². The Morgan fingerprint density at radius 1 is 0.598 bits per heavy atom. The normalized spacial score (nSPS) is 24.9. The number of cyclic esters (lactones) is 1. The second kappa shape index (κ2) is 34.9. The monoisotopic (exact) mass is 1280 g/mol. The first kappa shape index (κ1) is 72.0. The maximum atomic E-state index is 14.8. The fourth-order valence-electron chi connectivity index (χ4n) is 11.4. The summed E-state index contributed by atoms with van der Waals surface area (Å²) in [6.07, 6.45) is -0.109. The van der Waals surface area contributed by atoms with Gasteiger partial charge in [-0.1, -0.05) is 105 Å². The number of primary amides is 1. The number of amides is 10. The third kappa shape index (κ3) is 21.5. The van der Waals surface area contributed by atoms with Crippen molar-refractivity contribution in [2.45, 2.75) is 185 Å². The molecule has 0 aliphatic carbocycles. The number of ether oxygens (including phenoxy) is 1. The van der Waals surface area contributed by atoms with Crippen LogP contribution in [-0.2, 0) is 79.9 Å². The maximum Gasteiger partial charge on any atom is 0.328 e. The van der Waals surface area contributed by atoms with Crippen molar-refractivity contribution in [3.8, 4) is 0 Å². The Balaban J connectivity index is 1.40. The van der Waals surface area contributed by atoms with Gasteiger partial charge >= 0.3 is 11.9 Å². The number of carboxylic acid groups (broad SMARTS) is 1. The van der Waals surface area contributed by atoms with Gasteiger partial charge in [-0.15, -0.1) is 0 Å². The Bertz CT molecular complexity index is 3100. The number of piperidine rings is 1. The molecule has 12 N–H and O–H groups in total. The molecule has 498 valence electrons. The number of aryl methyl sites for hydroxylation is 1. The lowest BCUT2D eigenvalue weighted by Gasteiger charge is -2.36. The molecule has 6 rings (SSSR count). The first-order chi connectivity index (χ1) is 43.8. The number of hydrogen-bond acceptors (Lipinski definition) is 15. The van der Waals surface area contributed by atoms with Gasteiger partial charge in [0, 0.05) is 44.8 Å². The fourth-order valence-corrected chi connectivity index (χ4v) is 11.4. The summed E-state index contributed by atoms with van der Waals surface area (Å²) in [5.74, 6) is -12.1. The molecular weight excluding hydrogens is 1190 g/mol. The van der Waals surface area contributed by atoms with Gasteiger partial charge in [-0.25, -0.2) is 4.79 Å². The lowest BCUT2D eigenvalue weighted by atomic mass is 9.87. The molecule has 0 bridgehead atoms. The molecule has 26 heteroatoms. The Kier molecular flexibility index (Phi) is 27.3. The Labute approximate surface area is 535 Å². The van der Waals surface area contributed by atoms with Crippen molar-refractivity contribution in [3.05, 3.63) is 108 Å². The van der Waals surface area contributed by atoms with Crippen LogP contribution < -0.4 is 48.7 Å². The van der Waals surface area contributed by atoms with Gasteiger partial charge in [0.2, 0.25) is 58.9 Å². The number of Topliss-reactive ketones (excluding diaryl/α,β-unsaturated/α-hetero) is 1. The number of rotatable bonds is 17. The third-order valence-corrected chi connectivity index (χ3v) is 16.5. The predicted molar refractivity (Wildman–Crippen MR) is 335 cm³/mol. The molecule has 92 heavy (non-hydrogen) atoms. The average Bonchev–Trinajstić information content (AvgIpc) is 1.30. The summed E-state index contributed by atoms with van der Waals surface area (Å²) in [5.41, 5.74) is 11.4. The summed E-state index contributed by atoms with van der Waals surface area (Å²) in [6, 6.07) is 13.4. The van der Waals surface area contributed by atoms with E-state index in [2.05, 4.69) is 37.2 Å². The highest BCUT2D eigenvalue weighted by Gasteiger charge is 2.44. The van der Waals surface area contributed by atoms with E-state index in [1.54, 1.807) is 62.4 Å². The van der Waals surface area contributed by atoms with E-state index in [-0.39, 0.29) is 88.9 Å². The van der Waals surface area contributed by atoms with Gasteiger partial charge in [-0.3, -0.25) is 57.5 Å². The first-order valence-corrected chi connectivity index (χ1v) is 31.6. The Morgan fingerprint density at radius 2 is 1.14 bits per heavy atom. The van der Waals surface area contributed by atoms with Crippen LogP contribution in [0.1, 0.15) is 140 Å². The minimum absolute atomic E-state index is 0.00371. The number of carbonyl (C=O) groups excluding carboxylic acids is 12. The molecule has 0 aromatic heterocycles. The van der Waals surface area contributed by atoms with Gasteiger partial charge in [0.1, 0.15) is 54.9 Å². The zero-order valence-corrected chi connectivity index (χ0v) is 52.8. The van der Waals surface area contributed by atoms with Crippen LogP contribution in [-0.4, -0.2) is 166 Å². The van der Waals surface area contributed by atoms with E-state index in [0.29, 0.717) is 31.2 Å². The third-order valence-electron chi connectivity index (χ3n) is 16.5. The van der Waals surface area contributed by atoms with Crippen molar-refractivity contribution in [1.29, 1.82) is 0 Å². The number of nitrogens with one attached hydrogen (secondary N) is 7. The van der Waals surface area contributed by atoms with E-state index in [0.717, 1.165) is 10.5 Å². The Morgan fingerprint density at radius 3 is 1.77 bits per heavy atom. The molecule has 0 saturated carbocycles. The molecule has 10 amide bonds. The van der Waals surface area contributed by atoms with Gasteiger partial charge < -0.3 is 68.3 Å². The molecule has 3 aliphatic heterocycles. The van der Waals surface area contributed by atoms with Gasteiger partial charge in [0.25, 0.3) is 5.91 Å². The summed E-state index contributed by atoms with van der Waals surface area (Å²) in [4.78, 5) is 186. The van der Waals surface area contributed by atoms with E-state index in [1.807, 2.05) is 30.3 Å². The number of nitrogens with two attached hydrogens (primary N) is 2. The smallest absolute Gasteiger partial charge is 0.328 e. The summed E-state index contributed by atoms with van der Waals surface area (Å²) in [7, 11) is 0. The second-order valence-corrected chi connectivity index (χ2v) is 24.9. The topological polar surface area (TPSA) is 394 Å². The number of hydrogen-bond donors (Lipinski definition) is 10. The van der Waals surface area contributed by atoms with Crippen molar-refractivity contribution < 1.29 is 72.2 Å². The number of fused-ring (bicyclic) bond motifs is 2. The first-order valence-electron chi connectivity index (χ1n) is 31.6. The molecule has 3 aromatic rings. The summed E-state index contributed by atoms with van der Waals surface area (Å²) >= 11 is 0. The van der Waals surface area contributed by atoms with Gasteiger partial charge in [-0.05, 0) is 120 Å². The molecule has 3 aromatic carbocycles. The molecule has 9 atom stereocenters. The zero-order valence-electron chi connectivity index (χ0n) is 52.8. The number of carbonyl (C=O) groups is 13. The lowest BCUT2D eigenvalue weighted by molar-refractivity contribution is -0.159. The minimum Gasteiger partial charge on any atom is -0.481 e. The van der Waals surface area contributed by atoms with Crippen LogP contribution >= 0.6 is 0 Å². The average molecular weight is 1280 g/mol. The molecule has 3 saturated heterocycles. The number of benzene rings is 3. The molecular formula is C66H89N11O15. The summed E-state index contributed by atoms with van der Waals surface area (Å²) in [5, 5.41) is 28.9. The number of nitrogens with zero attached hydrogens (tertiary/aromatic N) is 2. The van der Waals surface area contributed by atoms with Crippen LogP contribution in [0.4, 0.5) is 0 Å². The van der Waals surface area contributed by atoms with E-state index in [1.165, 1.54) is 30.9 Å². The van der Waals surface area contributed by atoms with Crippen molar-refractivity contribution in [2.75, 3.05) is 26.2 Å². The second-order valence-electron chi connectivity index (χ2n) is 24.9. The number of ketones is 1. The number of carboxylic acids is 1. The molecule has 0 radical (unpaired) electrons. The zero-order chi connectivity index (χ0) is 67.1. The Hall–Kier alpha value is -9.07. The van der Waals surface area contributed by atoms with Crippen LogP contribution in [0, 0.1) is 11.3 Å². The van der Waals surface area contributed by atoms with Gasteiger partial charge in [0.15, 0.2) is 0 Å². The van der Waals surface area contributed by atoms with Gasteiger partial charge in [0.05, 0.1) is 5.41 Å². The van der Waals surface area contributed by atoms with E-state index >= 15 is 0 Å². The van der Waals surface area contributed by atoms with Crippen LogP contribution in [0.25, 0.3) is 0 Å². The van der Waals surface area contributed by atoms with E-state index < -0.39 is 162 Å². The van der Waals surface area contributed by atoms with Crippen LogP contribution in [0.5, 0.6) is 0 Å². The SMILES string of the molecule is CC(C)C[C@@H]1NC(=O)[C@H](CCC(=O)O)NC(=O)[C@H](c2ccccc2)NC(=O)[C@@H](Cc2ccccc2)NC(=O)[C@H](CCCN)NC(=O)[C@@H]2CCCN2C(=O)[C@H](CCC(N)=O)NC(=O)C[C@@H](CCc2ccccc2)NC(=O)[C@@H]2CCCCN2C(=O)C(=O)C(C)(C)COC1=O. The van der Waals surface area contributed by atoms with Crippen LogP contribution in [0.3, 0.4) is 0 Å². The van der Waals surface area contributed by atoms with Crippen molar-refractivity contribution in [1.82, 2.24) is 47.0 Å². The quantitative estimate of drug-likeness (QED) is 0.0676. The fraction of sp³-hybridized carbons (Fsp3) is 0.530. The molecule has 0 spiro atoms. The maximum absolute atomic E-state index is 14.8. The highest BCUT2D eigenvalue weighted by atomic mass is 16.5. The van der Waals surface area contributed by atoms with Gasteiger partial charge in [-0.2, -0.15) is 0 Å². The molecule has 26 nitrogen and oxygen atoms in total. The van der Waals surface area contributed by atoms with Crippen LogP contribution in [0.2, 0.25) is 0 Å². The van der Waals surface area contributed by atoms with E-state index in [4.69, 9.17) is 16.2 Å². The number of esters is 1. The molecule has 3 heterocycles. The van der Waals surface area contributed by atoms with Crippen LogP contribution in [0.15, 0.2) is 91.0 Å². The minimum atomic E-state index is -1.71. The van der Waals surface area contributed by atoms with Crippen molar-refractivity contribution in [3.63, 3.8) is 0 Å². The standard InChI is InChI=1S/C66H89N11O15/c1-40(2)36-49-65(91)92-39-66(3,4)56(82)64(90)77-34-15-14-25-50(77)60(86)69-44(28-27-41-18-8-5-9-19-41)38-53(79)70-47(29-31-52(68)78)63(89)76-35-17-26-51(76)61(87)71-45(24-16-33-67)57(83)73-48(37-42-20-10-6-11-21-42)59(85)75-55(43-22-12-7-13-23-43)62(88)72-46(58(84)74-49)30-32-54(80)81/h5-13,18-23,40,44-51,55H,14-17,24-39,67H2,1-4H3,(H2,68,78)(H,69,86)(H,70,79)(H,71,87)(H,72,88)(H,73,83)(H,74,84)(H,75,85)(H,80,81)/t44-,45+,46+,47+,48-,49+,50+,51+,55+/m1/s1. The predicted octanol–water partition coefficient (Wildman–Crippen LogP) is 1.46. The molecule has 0 unspecified atom stereocenters. The summed E-state index contributed by atoms with van der Waals surface area (Å²) < 4.78 is 5.70. The van der Waals surface area contributed by atoms with E-state index in [9.17, 15) is 67.4 Å². The highest BCUT2D eigenvalue weighted by Crippen LogP contribution is 2.26.